The lowest BCUT2D eigenvalue weighted by Crippen LogP contribution is -2.27. The van der Waals surface area contributed by atoms with Gasteiger partial charge in [0.2, 0.25) is 0 Å². The fourth-order valence-electron chi connectivity index (χ4n) is 9.07. The Morgan fingerprint density at radius 2 is 1.06 bits per heavy atom. The Morgan fingerprint density at radius 1 is 0.451 bits per heavy atom. The molecule has 0 saturated heterocycles. The van der Waals surface area contributed by atoms with Crippen molar-refractivity contribution in [2.24, 2.45) is 0 Å². The highest BCUT2D eigenvalue weighted by Gasteiger charge is 2.41. The summed E-state index contributed by atoms with van der Waals surface area (Å²) in [4.78, 5) is 2.40. The predicted molar refractivity (Wildman–Crippen MR) is 215 cm³/mol. The van der Waals surface area contributed by atoms with Crippen LogP contribution >= 0.6 is 0 Å². The lowest BCUT2D eigenvalue weighted by Gasteiger charge is -2.36. The number of benzene rings is 7. The summed E-state index contributed by atoms with van der Waals surface area (Å²) in [5.74, 6) is 0. The second-order valence-electron chi connectivity index (χ2n) is 15.5. The van der Waals surface area contributed by atoms with Crippen molar-refractivity contribution in [2.45, 2.75) is 45.4 Å². The van der Waals surface area contributed by atoms with Gasteiger partial charge in [0.05, 0.1) is 16.7 Å². The molecule has 2 heteroatoms. The van der Waals surface area contributed by atoms with Crippen LogP contribution in [-0.4, -0.2) is 4.57 Å². The SMILES string of the molecule is Cc1ccc(N(c2ccc(-c3ccccc3)cc2)c2ccc3c(c2)C(C)(C)c2cc4c(cc2-3)C(C)(C)c2cccc3c5ccccc5n-4c23)cc1. The largest absolute Gasteiger partial charge is 0.310 e. The van der Waals surface area contributed by atoms with Gasteiger partial charge < -0.3 is 9.47 Å². The molecule has 0 unspecified atom stereocenters. The van der Waals surface area contributed by atoms with Gasteiger partial charge in [0.25, 0.3) is 0 Å². The minimum atomic E-state index is -0.186. The number of aromatic nitrogens is 1. The number of anilines is 3. The molecule has 10 rings (SSSR count). The molecule has 0 N–H and O–H groups in total. The number of hydrogen-bond acceptors (Lipinski definition) is 1. The van der Waals surface area contributed by atoms with E-state index in [2.05, 4.69) is 196 Å². The Kier molecular flexibility index (Phi) is 6.22. The maximum atomic E-state index is 2.55. The zero-order chi connectivity index (χ0) is 34.6. The van der Waals surface area contributed by atoms with E-state index >= 15 is 0 Å². The van der Waals surface area contributed by atoms with Crippen LogP contribution in [0.5, 0.6) is 0 Å². The van der Waals surface area contributed by atoms with Gasteiger partial charge in [-0.3, -0.25) is 0 Å². The van der Waals surface area contributed by atoms with E-state index in [9.17, 15) is 0 Å². The molecule has 246 valence electrons. The van der Waals surface area contributed by atoms with E-state index < -0.39 is 0 Å². The van der Waals surface area contributed by atoms with Crippen molar-refractivity contribution in [1.29, 1.82) is 0 Å². The van der Waals surface area contributed by atoms with Gasteiger partial charge in [-0.25, -0.2) is 0 Å². The first-order chi connectivity index (χ1) is 24.7. The first-order valence-electron chi connectivity index (χ1n) is 18.1. The summed E-state index contributed by atoms with van der Waals surface area (Å²) in [6.45, 7) is 11.8. The van der Waals surface area contributed by atoms with Crippen molar-refractivity contribution in [1.82, 2.24) is 4.57 Å². The molecule has 51 heavy (non-hydrogen) atoms. The molecule has 0 atom stereocenters. The summed E-state index contributed by atoms with van der Waals surface area (Å²) in [7, 11) is 0. The van der Waals surface area contributed by atoms with Crippen LogP contribution in [0.3, 0.4) is 0 Å². The molecule has 0 radical (unpaired) electrons. The molecule has 0 saturated carbocycles. The quantitative estimate of drug-likeness (QED) is 0.183. The van der Waals surface area contributed by atoms with Crippen LogP contribution < -0.4 is 4.90 Å². The van der Waals surface area contributed by atoms with E-state index in [-0.39, 0.29) is 10.8 Å². The first kappa shape index (κ1) is 30.0. The van der Waals surface area contributed by atoms with E-state index in [4.69, 9.17) is 0 Å². The second kappa shape index (κ2) is 10.6. The third-order valence-electron chi connectivity index (χ3n) is 11.8. The van der Waals surface area contributed by atoms with Gasteiger partial charge >= 0.3 is 0 Å². The van der Waals surface area contributed by atoms with Crippen molar-refractivity contribution in [3.63, 3.8) is 0 Å². The molecule has 2 heterocycles. The molecule has 0 amide bonds. The normalized spacial score (nSPS) is 14.7. The van der Waals surface area contributed by atoms with Crippen molar-refractivity contribution < 1.29 is 0 Å². The summed E-state index contributed by atoms with van der Waals surface area (Å²) in [5.41, 5.74) is 19.0. The highest BCUT2D eigenvalue weighted by atomic mass is 15.1. The van der Waals surface area contributed by atoms with Crippen LogP contribution in [0.4, 0.5) is 17.1 Å². The van der Waals surface area contributed by atoms with E-state index in [0.29, 0.717) is 0 Å². The zero-order valence-corrected chi connectivity index (χ0v) is 29.8. The topological polar surface area (TPSA) is 8.17 Å². The highest BCUT2D eigenvalue weighted by molar-refractivity contribution is 6.11. The van der Waals surface area contributed by atoms with Crippen molar-refractivity contribution in [3.05, 3.63) is 179 Å². The minimum Gasteiger partial charge on any atom is -0.310 e. The Bertz CT molecular complexity index is 2670. The standard InChI is InChI=1S/C49H40N2/c1-31-18-22-34(23-19-31)50(35-24-20-33(21-25-35)32-12-7-6-8-13-32)36-26-27-37-40-29-44-46(30-43(40)49(4,5)42(37)28-36)51-45-17-10-9-14-38(45)39-15-11-16-41(47(39)51)48(44,2)3/h6-30H,1-5H3. The van der Waals surface area contributed by atoms with E-state index in [1.54, 1.807) is 0 Å². The van der Waals surface area contributed by atoms with Gasteiger partial charge in [-0.15, -0.1) is 0 Å². The molecular formula is C49H40N2. The van der Waals surface area contributed by atoms with E-state index in [0.717, 1.165) is 11.4 Å². The van der Waals surface area contributed by atoms with Gasteiger partial charge in [-0.1, -0.05) is 130 Å². The maximum absolute atomic E-state index is 2.55. The van der Waals surface area contributed by atoms with Crippen LogP contribution in [0.15, 0.2) is 152 Å². The Labute approximate surface area is 300 Å². The summed E-state index contributed by atoms with van der Waals surface area (Å²) >= 11 is 0. The maximum Gasteiger partial charge on any atom is 0.0582 e. The summed E-state index contributed by atoms with van der Waals surface area (Å²) < 4.78 is 2.55. The number of hydrogen-bond donors (Lipinski definition) is 0. The molecule has 1 aromatic heterocycles. The minimum absolute atomic E-state index is 0.144. The second-order valence-corrected chi connectivity index (χ2v) is 15.5. The summed E-state index contributed by atoms with van der Waals surface area (Å²) in [6.07, 6.45) is 0. The van der Waals surface area contributed by atoms with Crippen LogP contribution in [0, 0.1) is 6.92 Å². The highest BCUT2D eigenvalue weighted by Crippen LogP contribution is 2.55. The third-order valence-corrected chi connectivity index (χ3v) is 11.8. The fraction of sp³-hybridized carbons (Fsp3) is 0.143. The predicted octanol–water partition coefficient (Wildman–Crippen LogP) is 13.2. The zero-order valence-electron chi connectivity index (χ0n) is 29.8. The number of aryl methyl sites for hydroxylation is 1. The first-order valence-corrected chi connectivity index (χ1v) is 18.1. The van der Waals surface area contributed by atoms with Gasteiger partial charge in [0, 0.05) is 38.7 Å². The summed E-state index contributed by atoms with van der Waals surface area (Å²) in [5, 5.41) is 2.65. The lowest BCUT2D eigenvalue weighted by atomic mass is 9.73. The lowest BCUT2D eigenvalue weighted by molar-refractivity contribution is 0.625. The van der Waals surface area contributed by atoms with Crippen LogP contribution in [-0.2, 0) is 10.8 Å². The Morgan fingerprint density at radius 3 is 1.82 bits per heavy atom. The smallest absolute Gasteiger partial charge is 0.0582 e. The molecule has 0 fully saturated rings. The number of nitrogens with zero attached hydrogens (tertiary/aromatic N) is 2. The molecule has 1 aliphatic heterocycles. The fourth-order valence-corrected chi connectivity index (χ4v) is 9.07. The third kappa shape index (κ3) is 4.23. The number of para-hydroxylation sites is 2. The molecule has 2 aliphatic rings. The van der Waals surface area contributed by atoms with Gasteiger partial charge in [0.1, 0.15) is 0 Å². The number of rotatable bonds is 4. The van der Waals surface area contributed by atoms with E-state index in [1.807, 2.05) is 0 Å². The molecule has 8 aromatic rings. The molecule has 0 bridgehead atoms. The molecule has 1 aliphatic carbocycles. The van der Waals surface area contributed by atoms with Gasteiger partial charge in [-0.05, 0) is 106 Å². The van der Waals surface area contributed by atoms with Gasteiger partial charge in [0.15, 0.2) is 0 Å². The van der Waals surface area contributed by atoms with Crippen molar-refractivity contribution >= 4 is 38.9 Å². The number of fused-ring (bicyclic) bond motifs is 8. The average molecular weight is 657 g/mol. The molecular weight excluding hydrogens is 617 g/mol. The Balaban J connectivity index is 1.14. The average Bonchev–Trinajstić information content (AvgIpc) is 3.60. The van der Waals surface area contributed by atoms with Crippen LogP contribution in [0.2, 0.25) is 0 Å². The monoisotopic (exact) mass is 656 g/mol. The van der Waals surface area contributed by atoms with Crippen molar-refractivity contribution in [2.75, 3.05) is 4.90 Å². The van der Waals surface area contributed by atoms with Gasteiger partial charge in [-0.2, -0.15) is 0 Å². The van der Waals surface area contributed by atoms with Crippen molar-refractivity contribution in [3.8, 4) is 27.9 Å². The molecule has 2 nitrogen and oxygen atoms in total. The van der Waals surface area contributed by atoms with Crippen LogP contribution in [0.1, 0.15) is 55.5 Å². The van der Waals surface area contributed by atoms with E-state index in [1.165, 1.54) is 83.3 Å². The van der Waals surface area contributed by atoms with Crippen LogP contribution in [0.25, 0.3) is 49.7 Å². The molecule has 7 aromatic carbocycles. The molecule has 0 spiro atoms. The Hall–Kier alpha value is -5.86. The summed E-state index contributed by atoms with van der Waals surface area (Å²) in [6, 6.07) is 56.5.